The molecule has 2 unspecified atom stereocenters. The molecule has 100 valence electrons. The standard InChI is InChI=1S/C12H20N4O2/c13-10-5-14-16(6-10)7-12(18)15-11-4-2-1-3-9(11)8-17/h5-6,9,11,17H,1-4,7-8,13H2,(H,15,18). The first kappa shape index (κ1) is 12.9. The van der Waals surface area contributed by atoms with E-state index in [-0.39, 0.29) is 31.0 Å². The Hall–Kier alpha value is -1.56. The van der Waals surface area contributed by atoms with Gasteiger partial charge in [0.05, 0.1) is 11.9 Å². The Kier molecular flexibility index (Phi) is 4.19. The van der Waals surface area contributed by atoms with Crippen LogP contribution in [0.2, 0.25) is 0 Å². The van der Waals surface area contributed by atoms with Crippen LogP contribution in [0.25, 0.3) is 0 Å². The summed E-state index contributed by atoms with van der Waals surface area (Å²) < 4.78 is 1.52. The van der Waals surface area contributed by atoms with Crippen molar-refractivity contribution in [3.05, 3.63) is 12.4 Å². The van der Waals surface area contributed by atoms with Gasteiger partial charge in [-0.05, 0) is 12.8 Å². The number of aromatic nitrogens is 2. The average molecular weight is 252 g/mol. The zero-order valence-electron chi connectivity index (χ0n) is 10.4. The predicted molar refractivity (Wildman–Crippen MR) is 67.6 cm³/mol. The van der Waals surface area contributed by atoms with E-state index in [1.165, 1.54) is 10.9 Å². The summed E-state index contributed by atoms with van der Waals surface area (Å²) in [5, 5.41) is 16.2. The van der Waals surface area contributed by atoms with E-state index in [4.69, 9.17) is 5.73 Å². The van der Waals surface area contributed by atoms with Gasteiger partial charge < -0.3 is 16.2 Å². The van der Waals surface area contributed by atoms with E-state index in [2.05, 4.69) is 10.4 Å². The number of aliphatic hydroxyl groups excluding tert-OH is 1. The van der Waals surface area contributed by atoms with Crippen LogP contribution in [0, 0.1) is 5.92 Å². The van der Waals surface area contributed by atoms with E-state index in [1.807, 2.05) is 0 Å². The highest BCUT2D eigenvalue weighted by atomic mass is 16.3. The molecule has 1 heterocycles. The summed E-state index contributed by atoms with van der Waals surface area (Å²) in [6.45, 7) is 0.311. The fourth-order valence-corrected chi connectivity index (χ4v) is 2.48. The number of nitrogens with one attached hydrogen (secondary N) is 1. The SMILES string of the molecule is Nc1cnn(CC(=O)NC2CCCCC2CO)c1. The van der Waals surface area contributed by atoms with Crippen LogP contribution in [0.4, 0.5) is 5.69 Å². The quantitative estimate of drug-likeness (QED) is 0.710. The summed E-state index contributed by atoms with van der Waals surface area (Å²) >= 11 is 0. The number of hydrogen-bond donors (Lipinski definition) is 3. The fourth-order valence-electron chi connectivity index (χ4n) is 2.48. The second-order valence-electron chi connectivity index (χ2n) is 4.87. The number of rotatable bonds is 4. The molecule has 1 saturated carbocycles. The monoisotopic (exact) mass is 252 g/mol. The third-order valence-corrected chi connectivity index (χ3v) is 3.45. The molecule has 0 saturated heterocycles. The smallest absolute Gasteiger partial charge is 0.241 e. The molecule has 1 aromatic heterocycles. The lowest BCUT2D eigenvalue weighted by atomic mass is 9.85. The Morgan fingerprint density at radius 2 is 2.33 bits per heavy atom. The summed E-state index contributed by atoms with van der Waals surface area (Å²) in [5.74, 6) is 0.105. The van der Waals surface area contributed by atoms with Gasteiger partial charge in [-0.1, -0.05) is 12.8 Å². The van der Waals surface area contributed by atoms with Crippen LogP contribution in [-0.2, 0) is 11.3 Å². The lowest BCUT2D eigenvalue weighted by Crippen LogP contribution is -2.44. The Balaban J connectivity index is 1.86. The minimum absolute atomic E-state index is 0.0801. The van der Waals surface area contributed by atoms with Crippen molar-refractivity contribution in [2.75, 3.05) is 12.3 Å². The zero-order chi connectivity index (χ0) is 13.0. The Bertz CT molecular complexity index is 405. The Morgan fingerprint density at radius 1 is 1.56 bits per heavy atom. The van der Waals surface area contributed by atoms with Crippen molar-refractivity contribution >= 4 is 11.6 Å². The van der Waals surface area contributed by atoms with Crippen LogP contribution in [0.15, 0.2) is 12.4 Å². The van der Waals surface area contributed by atoms with Crippen molar-refractivity contribution in [1.29, 1.82) is 0 Å². The van der Waals surface area contributed by atoms with Crippen LogP contribution < -0.4 is 11.1 Å². The third kappa shape index (κ3) is 3.22. The predicted octanol–water partition coefficient (Wildman–Crippen LogP) is 0.133. The minimum atomic E-state index is -0.0801. The second kappa shape index (κ2) is 5.86. The van der Waals surface area contributed by atoms with Crippen molar-refractivity contribution in [2.45, 2.75) is 38.3 Å². The molecule has 18 heavy (non-hydrogen) atoms. The van der Waals surface area contributed by atoms with Gasteiger partial charge in [-0.3, -0.25) is 9.48 Å². The molecule has 1 amide bonds. The Morgan fingerprint density at radius 3 is 3.00 bits per heavy atom. The number of aliphatic hydroxyl groups is 1. The molecule has 0 radical (unpaired) electrons. The van der Waals surface area contributed by atoms with Crippen LogP contribution in [-0.4, -0.2) is 33.4 Å². The average Bonchev–Trinajstić information content (AvgIpc) is 2.75. The molecule has 6 heteroatoms. The molecule has 2 rings (SSSR count). The lowest BCUT2D eigenvalue weighted by molar-refractivity contribution is -0.123. The van der Waals surface area contributed by atoms with Crippen LogP contribution in [0.3, 0.4) is 0 Å². The molecular weight excluding hydrogens is 232 g/mol. The maximum atomic E-state index is 11.9. The molecule has 4 N–H and O–H groups in total. The van der Waals surface area contributed by atoms with Crippen molar-refractivity contribution in [3.8, 4) is 0 Å². The number of carbonyl (C=O) groups is 1. The minimum Gasteiger partial charge on any atom is -0.396 e. The first-order valence-corrected chi connectivity index (χ1v) is 6.37. The number of hydrogen-bond acceptors (Lipinski definition) is 4. The maximum Gasteiger partial charge on any atom is 0.241 e. The molecule has 2 atom stereocenters. The van der Waals surface area contributed by atoms with Gasteiger partial charge in [-0.2, -0.15) is 5.10 Å². The van der Waals surface area contributed by atoms with Gasteiger partial charge in [0.2, 0.25) is 5.91 Å². The summed E-state index contributed by atoms with van der Waals surface area (Å²) in [7, 11) is 0. The van der Waals surface area contributed by atoms with Gasteiger partial charge in [0.25, 0.3) is 0 Å². The molecule has 0 spiro atoms. The summed E-state index contributed by atoms with van der Waals surface area (Å²) in [4.78, 5) is 11.9. The van der Waals surface area contributed by atoms with Gasteiger partial charge in [0.15, 0.2) is 0 Å². The third-order valence-electron chi connectivity index (χ3n) is 3.45. The topological polar surface area (TPSA) is 93.2 Å². The number of amides is 1. The highest BCUT2D eigenvalue weighted by Crippen LogP contribution is 2.23. The highest BCUT2D eigenvalue weighted by molar-refractivity contribution is 5.76. The van der Waals surface area contributed by atoms with Crippen molar-refractivity contribution in [2.24, 2.45) is 5.92 Å². The number of nitrogens with zero attached hydrogens (tertiary/aromatic N) is 2. The van der Waals surface area contributed by atoms with Crippen LogP contribution in [0.1, 0.15) is 25.7 Å². The van der Waals surface area contributed by atoms with E-state index < -0.39 is 0 Å². The van der Waals surface area contributed by atoms with Gasteiger partial charge in [-0.15, -0.1) is 0 Å². The van der Waals surface area contributed by atoms with E-state index in [9.17, 15) is 9.90 Å². The van der Waals surface area contributed by atoms with E-state index in [0.29, 0.717) is 5.69 Å². The molecule has 1 aliphatic carbocycles. The summed E-state index contributed by atoms with van der Waals surface area (Å²) in [6.07, 6.45) is 7.31. The first-order chi connectivity index (χ1) is 8.69. The van der Waals surface area contributed by atoms with Crippen molar-refractivity contribution < 1.29 is 9.90 Å². The molecule has 1 aliphatic rings. The number of nitrogen functional groups attached to an aromatic ring is 1. The van der Waals surface area contributed by atoms with Gasteiger partial charge in [-0.25, -0.2) is 0 Å². The molecular formula is C12H20N4O2. The molecule has 1 fully saturated rings. The molecule has 6 nitrogen and oxygen atoms in total. The molecule has 0 bridgehead atoms. The zero-order valence-corrected chi connectivity index (χ0v) is 10.4. The Labute approximate surface area is 106 Å². The van der Waals surface area contributed by atoms with Gasteiger partial charge in [0, 0.05) is 24.8 Å². The molecule has 0 aromatic carbocycles. The van der Waals surface area contributed by atoms with E-state index in [1.54, 1.807) is 6.20 Å². The number of carbonyl (C=O) groups excluding carboxylic acids is 1. The largest absolute Gasteiger partial charge is 0.396 e. The molecule has 1 aromatic rings. The van der Waals surface area contributed by atoms with Crippen molar-refractivity contribution in [1.82, 2.24) is 15.1 Å². The number of anilines is 1. The first-order valence-electron chi connectivity index (χ1n) is 6.37. The van der Waals surface area contributed by atoms with E-state index >= 15 is 0 Å². The van der Waals surface area contributed by atoms with Crippen LogP contribution in [0.5, 0.6) is 0 Å². The number of nitrogens with two attached hydrogens (primary N) is 1. The fraction of sp³-hybridized carbons (Fsp3) is 0.667. The van der Waals surface area contributed by atoms with Gasteiger partial charge in [0.1, 0.15) is 6.54 Å². The highest BCUT2D eigenvalue weighted by Gasteiger charge is 2.25. The molecule has 0 aliphatic heterocycles. The second-order valence-corrected chi connectivity index (χ2v) is 4.87. The van der Waals surface area contributed by atoms with E-state index in [0.717, 1.165) is 25.7 Å². The van der Waals surface area contributed by atoms with Crippen molar-refractivity contribution in [3.63, 3.8) is 0 Å². The maximum absolute atomic E-state index is 11.9. The van der Waals surface area contributed by atoms with Gasteiger partial charge >= 0.3 is 0 Å². The summed E-state index contributed by atoms with van der Waals surface area (Å²) in [6, 6.07) is 0.0872. The normalized spacial score (nSPS) is 23.8. The lowest BCUT2D eigenvalue weighted by Gasteiger charge is -2.30. The van der Waals surface area contributed by atoms with Crippen LogP contribution >= 0.6 is 0 Å². The summed E-state index contributed by atoms with van der Waals surface area (Å²) in [5.41, 5.74) is 6.08.